The number of aromatic carboxylic acids is 1. The Morgan fingerprint density at radius 2 is 1.88 bits per heavy atom. The molecular weight excluding hydrogens is 284 g/mol. The number of benzene rings is 1. The predicted octanol–water partition coefficient (Wildman–Crippen LogP) is 2.91. The monoisotopic (exact) mass is 292 g/mol. The Morgan fingerprint density at radius 1 is 1.24 bits per heavy atom. The lowest BCUT2D eigenvalue weighted by Crippen LogP contribution is -2.04. The second kappa shape index (κ2) is 4.63. The molecule has 0 saturated heterocycles. The van der Waals surface area contributed by atoms with Gasteiger partial charge in [-0.1, -0.05) is 28.1 Å². The van der Waals surface area contributed by atoms with Gasteiger partial charge in [0.05, 0.1) is 0 Å². The molecule has 0 aliphatic rings. The minimum Gasteiger partial charge on any atom is -0.477 e. The summed E-state index contributed by atoms with van der Waals surface area (Å²) in [6, 6.07) is 8.85. The van der Waals surface area contributed by atoms with Gasteiger partial charge < -0.3 is 5.11 Å². The second-order valence-electron chi connectivity index (χ2n) is 3.53. The number of halogens is 1. The second-order valence-corrected chi connectivity index (χ2v) is 4.45. The first-order valence-corrected chi connectivity index (χ1v) is 5.70. The molecule has 1 N–H and O–H groups in total. The molecule has 1 aromatic carbocycles. The van der Waals surface area contributed by atoms with Crippen molar-refractivity contribution in [3.63, 3.8) is 0 Å². The summed E-state index contributed by atoms with van der Waals surface area (Å²) in [6.07, 6.45) is 0. The van der Waals surface area contributed by atoms with E-state index in [1.807, 2.05) is 24.3 Å². The molecule has 86 valence electrons. The molecule has 0 radical (unpaired) electrons. The molecule has 4 nitrogen and oxygen atoms in total. The number of nitrogens with zero attached hydrogens (tertiary/aromatic N) is 2. The Labute approximate surface area is 106 Å². The third-order valence-electron chi connectivity index (χ3n) is 2.18. The highest BCUT2D eigenvalue weighted by Gasteiger charge is 2.09. The van der Waals surface area contributed by atoms with E-state index in [0.29, 0.717) is 11.5 Å². The maximum absolute atomic E-state index is 10.9. The van der Waals surface area contributed by atoms with Gasteiger partial charge in [0.25, 0.3) is 0 Å². The molecule has 1 heterocycles. The Kier molecular flexibility index (Phi) is 3.19. The van der Waals surface area contributed by atoms with E-state index in [2.05, 4.69) is 25.9 Å². The van der Waals surface area contributed by atoms with Crippen LogP contribution in [-0.2, 0) is 0 Å². The quantitative estimate of drug-likeness (QED) is 0.924. The van der Waals surface area contributed by atoms with Gasteiger partial charge in [0, 0.05) is 15.7 Å². The molecule has 0 fully saturated rings. The molecule has 0 spiro atoms. The molecule has 0 saturated carbocycles. The van der Waals surface area contributed by atoms with E-state index in [0.717, 1.165) is 10.0 Å². The third-order valence-corrected chi connectivity index (χ3v) is 2.70. The summed E-state index contributed by atoms with van der Waals surface area (Å²) in [6.45, 7) is 1.75. The maximum atomic E-state index is 10.9. The van der Waals surface area contributed by atoms with Crippen molar-refractivity contribution in [2.24, 2.45) is 0 Å². The normalized spacial score (nSPS) is 10.2. The number of aromatic nitrogens is 2. The Morgan fingerprint density at radius 3 is 2.47 bits per heavy atom. The highest BCUT2D eigenvalue weighted by Crippen LogP contribution is 2.19. The molecule has 0 atom stereocenters. The molecule has 2 aromatic rings. The van der Waals surface area contributed by atoms with Crippen molar-refractivity contribution >= 4 is 21.9 Å². The van der Waals surface area contributed by atoms with Gasteiger partial charge in [-0.25, -0.2) is 14.8 Å². The molecule has 0 aliphatic heterocycles. The van der Waals surface area contributed by atoms with Gasteiger partial charge in [-0.2, -0.15) is 0 Å². The first-order chi connectivity index (χ1) is 8.06. The average molecular weight is 293 g/mol. The fraction of sp³-hybridized carbons (Fsp3) is 0.0833. The smallest absolute Gasteiger partial charge is 0.354 e. The van der Waals surface area contributed by atoms with Crippen LogP contribution in [0.25, 0.3) is 11.4 Å². The Bertz CT molecular complexity index is 567. The number of hydrogen-bond acceptors (Lipinski definition) is 3. The van der Waals surface area contributed by atoms with Crippen LogP contribution in [0.4, 0.5) is 0 Å². The summed E-state index contributed by atoms with van der Waals surface area (Å²) < 4.78 is 0.951. The third kappa shape index (κ3) is 2.68. The Balaban J connectivity index is 2.51. The van der Waals surface area contributed by atoms with E-state index >= 15 is 0 Å². The number of carboxylic acid groups (broad SMARTS) is 1. The first kappa shape index (κ1) is 11.7. The zero-order valence-electron chi connectivity index (χ0n) is 9.01. The highest BCUT2D eigenvalue weighted by molar-refractivity contribution is 9.10. The SMILES string of the molecule is Cc1cc(C(=O)O)nc(-c2ccc(Br)cc2)n1. The minimum absolute atomic E-state index is 0.00965. The highest BCUT2D eigenvalue weighted by atomic mass is 79.9. The summed E-state index contributed by atoms with van der Waals surface area (Å²) in [4.78, 5) is 19.1. The molecule has 5 heteroatoms. The van der Waals surface area contributed by atoms with Crippen molar-refractivity contribution in [1.29, 1.82) is 0 Å². The number of aryl methyl sites for hydroxylation is 1. The average Bonchev–Trinajstić information content (AvgIpc) is 2.29. The van der Waals surface area contributed by atoms with Crippen LogP contribution in [-0.4, -0.2) is 21.0 Å². The maximum Gasteiger partial charge on any atom is 0.354 e. The van der Waals surface area contributed by atoms with Crippen LogP contribution in [0, 0.1) is 6.92 Å². The van der Waals surface area contributed by atoms with Crippen LogP contribution < -0.4 is 0 Å². The summed E-state index contributed by atoms with van der Waals surface area (Å²) in [5.41, 5.74) is 1.44. The number of carbonyl (C=O) groups is 1. The van der Waals surface area contributed by atoms with Gasteiger partial charge >= 0.3 is 5.97 Å². The van der Waals surface area contributed by atoms with Crippen molar-refractivity contribution in [2.45, 2.75) is 6.92 Å². The van der Waals surface area contributed by atoms with Gasteiger partial charge in [-0.15, -0.1) is 0 Å². The van der Waals surface area contributed by atoms with Crippen LogP contribution >= 0.6 is 15.9 Å². The summed E-state index contributed by atoms with van der Waals surface area (Å²) >= 11 is 3.34. The number of carboxylic acids is 1. The van der Waals surface area contributed by atoms with E-state index in [1.165, 1.54) is 6.07 Å². The lowest BCUT2D eigenvalue weighted by Gasteiger charge is -2.03. The number of hydrogen-bond donors (Lipinski definition) is 1. The van der Waals surface area contributed by atoms with Gasteiger partial charge in [-0.05, 0) is 25.1 Å². The molecule has 0 bridgehead atoms. The minimum atomic E-state index is -1.05. The largest absolute Gasteiger partial charge is 0.477 e. The Hall–Kier alpha value is -1.75. The summed E-state index contributed by atoms with van der Waals surface area (Å²) in [7, 11) is 0. The van der Waals surface area contributed by atoms with Crippen LogP contribution in [0.5, 0.6) is 0 Å². The molecular formula is C12H9BrN2O2. The van der Waals surface area contributed by atoms with E-state index in [1.54, 1.807) is 6.92 Å². The van der Waals surface area contributed by atoms with Crippen LogP contribution in [0.1, 0.15) is 16.2 Å². The lowest BCUT2D eigenvalue weighted by molar-refractivity contribution is 0.0690. The number of rotatable bonds is 2. The van der Waals surface area contributed by atoms with E-state index in [9.17, 15) is 4.79 Å². The molecule has 0 aliphatic carbocycles. The predicted molar refractivity (Wildman–Crippen MR) is 66.9 cm³/mol. The van der Waals surface area contributed by atoms with E-state index in [4.69, 9.17) is 5.11 Å². The van der Waals surface area contributed by atoms with Crippen molar-refractivity contribution < 1.29 is 9.90 Å². The van der Waals surface area contributed by atoms with Gasteiger partial charge in [0.15, 0.2) is 11.5 Å². The summed E-state index contributed by atoms with van der Waals surface area (Å²) in [5.74, 6) is -0.622. The molecule has 0 unspecified atom stereocenters. The standard InChI is InChI=1S/C12H9BrN2O2/c1-7-6-10(12(16)17)15-11(14-7)8-2-4-9(13)5-3-8/h2-6H,1H3,(H,16,17). The fourth-order valence-corrected chi connectivity index (χ4v) is 1.67. The van der Waals surface area contributed by atoms with Gasteiger partial charge in [-0.3, -0.25) is 0 Å². The van der Waals surface area contributed by atoms with Crippen molar-refractivity contribution in [3.05, 3.63) is 46.2 Å². The first-order valence-electron chi connectivity index (χ1n) is 4.91. The van der Waals surface area contributed by atoms with E-state index in [-0.39, 0.29) is 5.69 Å². The van der Waals surface area contributed by atoms with Crippen molar-refractivity contribution in [1.82, 2.24) is 9.97 Å². The molecule has 0 amide bonds. The molecule has 2 rings (SSSR count). The summed E-state index contributed by atoms with van der Waals surface area (Å²) in [5, 5.41) is 8.93. The van der Waals surface area contributed by atoms with Crippen molar-refractivity contribution in [2.75, 3.05) is 0 Å². The van der Waals surface area contributed by atoms with Crippen LogP contribution in [0.2, 0.25) is 0 Å². The van der Waals surface area contributed by atoms with Gasteiger partial charge in [0.2, 0.25) is 0 Å². The topological polar surface area (TPSA) is 63.1 Å². The zero-order chi connectivity index (χ0) is 12.4. The van der Waals surface area contributed by atoms with E-state index < -0.39 is 5.97 Å². The van der Waals surface area contributed by atoms with Gasteiger partial charge in [0.1, 0.15) is 0 Å². The lowest BCUT2D eigenvalue weighted by atomic mass is 10.2. The van der Waals surface area contributed by atoms with Crippen LogP contribution in [0.15, 0.2) is 34.8 Å². The zero-order valence-corrected chi connectivity index (χ0v) is 10.6. The van der Waals surface area contributed by atoms with Crippen LogP contribution in [0.3, 0.4) is 0 Å². The van der Waals surface area contributed by atoms with Crippen molar-refractivity contribution in [3.8, 4) is 11.4 Å². The molecule has 17 heavy (non-hydrogen) atoms. The molecule has 1 aromatic heterocycles. The fourth-order valence-electron chi connectivity index (χ4n) is 1.41.